The third-order valence-electron chi connectivity index (χ3n) is 13.7. The van der Waals surface area contributed by atoms with Crippen LogP contribution in [0, 0.1) is 5.92 Å². The number of aromatic hydroxyl groups is 1. The molecule has 5 aromatic rings. The van der Waals surface area contributed by atoms with Crippen molar-refractivity contribution in [3.05, 3.63) is 126 Å². The van der Waals surface area contributed by atoms with E-state index in [0.29, 0.717) is 42.6 Å². The number of nitrogens with two attached hydrogens (primary N) is 2. The van der Waals surface area contributed by atoms with Gasteiger partial charge in [0.15, 0.2) is 5.96 Å². The molecule has 5 aromatic carbocycles. The van der Waals surface area contributed by atoms with Crippen LogP contribution in [0.15, 0.2) is 114 Å². The van der Waals surface area contributed by atoms with Crippen LogP contribution in [0.3, 0.4) is 0 Å². The highest BCUT2D eigenvalue weighted by molar-refractivity contribution is 5.98. The van der Waals surface area contributed by atoms with Gasteiger partial charge in [-0.15, -0.1) is 0 Å². The SMILES string of the molecule is CCNC(=O)[C@@H]1CCCN1C(=O)[C@H](CCCN=C(N)N)NC(=O)[C@H](CC(C)C)NC(=O)[C@@H](Cc1ccc2ccccc2c1)NC(=O)[C@H](Cc1ccc(O)cc1)NC(=O)[C@H](CO)NC(=O)[C@@H](Cc1ccc2ccccc2c1)NC(C)=O. The normalized spacial score (nSPS) is 15.3. The Bertz CT molecular complexity index is 3020. The highest BCUT2D eigenvalue weighted by atomic mass is 16.3. The lowest BCUT2D eigenvalue weighted by atomic mass is 9.98. The van der Waals surface area contributed by atoms with Crippen LogP contribution in [0.1, 0.15) is 76.5 Å². The molecule has 7 atom stereocenters. The lowest BCUT2D eigenvalue weighted by Crippen LogP contribution is -2.61. The Morgan fingerprint density at radius 3 is 1.59 bits per heavy atom. The van der Waals surface area contributed by atoms with Crippen molar-refractivity contribution in [2.75, 3.05) is 26.2 Å². The first-order valence-corrected chi connectivity index (χ1v) is 27.1. The number of likely N-dealkylation sites (tertiary alicyclic amines) is 1. The molecule has 1 heterocycles. The molecule has 0 bridgehead atoms. The van der Waals surface area contributed by atoms with E-state index in [0.717, 1.165) is 21.5 Å². The van der Waals surface area contributed by atoms with Crippen LogP contribution in [0.5, 0.6) is 5.75 Å². The summed E-state index contributed by atoms with van der Waals surface area (Å²) in [7, 11) is 0. The number of amides is 8. The average molecular weight is 1100 g/mol. The molecule has 8 amide bonds. The zero-order valence-corrected chi connectivity index (χ0v) is 45.7. The molecular formula is C59H75N11O10. The Hall–Kier alpha value is -8.59. The van der Waals surface area contributed by atoms with Crippen LogP contribution in [0.2, 0.25) is 0 Å². The van der Waals surface area contributed by atoms with Gasteiger partial charge in [0.05, 0.1) is 6.61 Å². The number of nitrogens with one attached hydrogen (secondary N) is 7. The molecule has 0 radical (unpaired) electrons. The molecule has 426 valence electrons. The van der Waals surface area contributed by atoms with Crippen molar-refractivity contribution in [1.29, 1.82) is 0 Å². The number of hydrogen-bond acceptors (Lipinski definition) is 11. The number of likely N-dealkylation sites (N-methyl/N-ethyl adjacent to an activating group) is 1. The minimum absolute atomic E-state index is 0.0415. The Labute approximate surface area is 465 Å². The van der Waals surface area contributed by atoms with Crippen molar-refractivity contribution in [2.24, 2.45) is 22.4 Å². The molecule has 1 saturated heterocycles. The number of hydrogen-bond donors (Lipinski definition) is 11. The maximum atomic E-state index is 14.9. The Morgan fingerprint density at radius 2 is 1.07 bits per heavy atom. The van der Waals surface area contributed by atoms with Crippen molar-refractivity contribution < 1.29 is 48.6 Å². The first-order valence-electron chi connectivity index (χ1n) is 27.1. The fourth-order valence-electron chi connectivity index (χ4n) is 9.76. The van der Waals surface area contributed by atoms with Gasteiger partial charge in [-0.25, -0.2) is 0 Å². The van der Waals surface area contributed by atoms with Gasteiger partial charge >= 0.3 is 0 Å². The minimum atomic E-state index is -1.62. The number of nitrogens with zero attached hydrogens (tertiary/aromatic N) is 2. The van der Waals surface area contributed by atoms with Gasteiger partial charge in [-0.3, -0.25) is 43.3 Å². The second kappa shape index (κ2) is 29.4. The second-order valence-electron chi connectivity index (χ2n) is 20.5. The van der Waals surface area contributed by atoms with Crippen molar-refractivity contribution in [3.63, 3.8) is 0 Å². The lowest BCUT2D eigenvalue weighted by Gasteiger charge is -2.30. The van der Waals surface area contributed by atoms with E-state index in [1.54, 1.807) is 13.0 Å². The standard InChI is InChI=1S/C59H75N11O10/c1-5-62-57(79)51-17-11-27-70(51)58(80)45(16-10-26-63-59(60)61)65-52(74)46(28-35(2)3)66-55(77)49(33-39-19-23-41-13-7-9-15-43(41)30-39)67-54(76)48(31-37-20-24-44(73)25-21-37)68-56(78)50(34-71)69-53(75)47(64-36(4)72)32-38-18-22-40-12-6-8-14-42(40)29-38/h6-9,12-15,18-25,29-30,35,45-51,71,73H,5,10-11,16-17,26-28,31-34H2,1-4H3,(H,62,79)(H,64,72)(H,65,74)(H,66,77)(H,67,76)(H,68,78)(H,69,75)(H4,60,61,63)/t45-,46-,47+,48-,49+,50-,51-/m0/s1. The van der Waals surface area contributed by atoms with Gasteiger partial charge in [0.25, 0.3) is 0 Å². The summed E-state index contributed by atoms with van der Waals surface area (Å²) < 4.78 is 0. The van der Waals surface area contributed by atoms with Gasteiger partial charge in [-0.05, 0) is 95.3 Å². The zero-order chi connectivity index (χ0) is 57.9. The number of rotatable bonds is 27. The molecule has 13 N–H and O–H groups in total. The predicted molar refractivity (Wildman–Crippen MR) is 304 cm³/mol. The molecule has 0 unspecified atom stereocenters. The lowest BCUT2D eigenvalue weighted by molar-refractivity contribution is -0.142. The van der Waals surface area contributed by atoms with Gasteiger partial charge in [-0.1, -0.05) is 111 Å². The quantitative estimate of drug-likeness (QED) is 0.0204. The zero-order valence-electron chi connectivity index (χ0n) is 45.7. The van der Waals surface area contributed by atoms with E-state index in [1.807, 2.05) is 92.7 Å². The molecule has 0 saturated carbocycles. The fraction of sp³-hybridized carbons (Fsp3) is 0.407. The molecule has 6 rings (SSSR count). The third kappa shape index (κ3) is 17.7. The highest BCUT2D eigenvalue weighted by Gasteiger charge is 2.39. The topological polar surface area (TPSA) is 329 Å². The number of aliphatic hydroxyl groups is 1. The molecule has 0 aromatic heterocycles. The second-order valence-corrected chi connectivity index (χ2v) is 20.5. The first kappa shape index (κ1) is 60.6. The largest absolute Gasteiger partial charge is 0.508 e. The van der Waals surface area contributed by atoms with Crippen LogP contribution in [0.4, 0.5) is 0 Å². The number of phenolic OH excluding ortho intramolecular Hbond substituents is 1. The maximum Gasteiger partial charge on any atom is 0.245 e. The van der Waals surface area contributed by atoms with E-state index in [2.05, 4.69) is 42.2 Å². The van der Waals surface area contributed by atoms with Gasteiger partial charge in [0.1, 0.15) is 48.0 Å². The van der Waals surface area contributed by atoms with Crippen molar-refractivity contribution in [3.8, 4) is 5.75 Å². The maximum absolute atomic E-state index is 14.9. The summed E-state index contributed by atoms with van der Waals surface area (Å²) in [4.78, 5) is 118. The van der Waals surface area contributed by atoms with E-state index < -0.39 is 90.3 Å². The number of carbonyl (C=O) groups is 8. The molecule has 1 fully saturated rings. The number of aliphatic hydroxyl groups excluding tert-OH is 1. The number of fused-ring (bicyclic) bond motifs is 2. The van der Waals surface area contributed by atoms with Crippen molar-refractivity contribution in [2.45, 2.75) is 121 Å². The van der Waals surface area contributed by atoms with E-state index in [9.17, 15) is 48.6 Å². The number of benzene rings is 5. The molecule has 0 aliphatic carbocycles. The Morgan fingerprint density at radius 1 is 0.613 bits per heavy atom. The summed E-state index contributed by atoms with van der Waals surface area (Å²) in [6.45, 7) is 6.63. The minimum Gasteiger partial charge on any atom is -0.508 e. The Kier molecular flexibility index (Phi) is 22.3. The summed E-state index contributed by atoms with van der Waals surface area (Å²) in [5.74, 6) is -5.75. The molecule has 80 heavy (non-hydrogen) atoms. The van der Waals surface area contributed by atoms with Crippen LogP contribution in [0.25, 0.3) is 21.5 Å². The number of guanidine groups is 1. The number of aliphatic imine (C=N–C) groups is 1. The van der Waals surface area contributed by atoms with Crippen LogP contribution >= 0.6 is 0 Å². The van der Waals surface area contributed by atoms with Gasteiger partial charge in [-0.2, -0.15) is 0 Å². The molecule has 21 heteroatoms. The van der Waals surface area contributed by atoms with Crippen LogP contribution in [-0.4, -0.2) is 137 Å². The van der Waals surface area contributed by atoms with Gasteiger partial charge in [0, 0.05) is 45.8 Å². The molecular weight excluding hydrogens is 1020 g/mol. The molecule has 0 spiro atoms. The molecule has 1 aliphatic heterocycles. The third-order valence-corrected chi connectivity index (χ3v) is 13.7. The van der Waals surface area contributed by atoms with Gasteiger partial charge < -0.3 is 63.8 Å². The van der Waals surface area contributed by atoms with Crippen molar-refractivity contribution >= 4 is 74.8 Å². The number of phenols is 1. The fourth-order valence-corrected chi connectivity index (χ4v) is 9.76. The molecule has 21 nitrogen and oxygen atoms in total. The van der Waals surface area contributed by atoms with E-state index in [1.165, 1.54) is 36.1 Å². The smallest absolute Gasteiger partial charge is 0.245 e. The predicted octanol–water partition coefficient (Wildman–Crippen LogP) is 1.87. The summed E-state index contributed by atoms with van der Waals surface area (Å²) in [6, 6.07) is 23.4. The summed E-state index contributed by atoms with van der Waals surface area (Å²) >= 11 is 0. The number of carbonyl (C=O) groups excluding carboxylic acids is 8. The van der Waals surface area contributed by atoms with E-state index in [-0.39, 0.29) is 68.6 Å². The van der Waals surface area contributed by atoms with Crippen LogP contribution in [-0.2, 0) is 57.6 Å². The monoisotopic (exact) mass is 1100 g/mol. The molecule has 1 aliphatic rings. The van der Waals surface area contributed by atoms with Crippen LogP contribution < -0.4 is 48.7 Å². The van der Waals surface area contributed by atoms with Crippen molar-refractivity contribution in [1.82, 2.24) is 42.1 Å². The summed E-state index contributed by atoms with van der Waals surface area (Å²) in [5, 5.41) is 43.4. The summed E-state index contributed by atoms with van der Waals surface area (Å²) in [5.41, 5.74) is 13.0. The van der Waals surface area contributed by atoms with Gasteiger partial charge in [0.2, 0.25) is 47.3 Å². The highest BCUT2D eigenvalue weighted by Crippen LogP contribution is 2.22. The summed E-state index contributed by atoms with van der Waals surface area (Å²) in [6.07, 6.45) is 1.24. The first-order chi connectivity index (χ1) is 38.3. The van der Waals surface area contributed by atoms with E-state index in [4.69, 9.17) is 11.5 Å². The Balaban J connectivity index is 1.27. The van der Waals surface area contributed by atoms with E-state index >= 15 is 0 Å². The average Bonchev–Trinajstić information content (AvgIpc) is 3.94.